The number of pyridine rings is 1. The van der Waals surface area contributed by atoms with Gasteiger partial charge in [0.15, 0.2) is 0 Å². The first-order valence-corrected chi connectivity index (χ1v) is 13.3. The van der Waals surface area contributed by atoms with Crippen molar-refractivity contribution >= 4 is 23.8 Å². The zero-order chi connectivity index (χ0) is 27.0. The molecule has 1 fully saturated rings. The molecule has 0 saturated carbocycles. The Morgan fingerprint density at radius 3 is 2.46 bits per heavy atom. The maximum atomic E-state index is 12.7. The summed E-state index contributed by atoms with van der Waals surface area (Å²) in [5, 5.41) is 21.9. The summed E-state index contributed by atoms with van der Waals surface area (Å²) < 4.78 is 12.8. The van der Waals surface area contributed by atoms with Gasteiger partial charge < -0.3 is 19.5 Å². The van der Waals surface area contributed by atoms with E-state index in [1.54, 1.807) is 51.8 Å². The lowest BCUT2D eigenvalue weighted by Gasteiger charge is -2.30. The molecular formula is C27H26N6O5S. The first kappa shape index (κ1) is 26.2. The van der Waals surface area contributed by atoms with Crippen molar-refractivity contribution < 1.29 is 24.2 Å². The molecule has 0 aliphatic carbocycles. The maximum absolute atomic E-state index is 12.7. The van der Waals surface area contributed by atoms with Gasteiger partial charge in [-0.25, -0.2) is 14.6 Å². The zero-order valence-corrected chi connectivity index (χ0v) is 21.7. The molecule has 1 N–H and O–H groups in total. The number of benzene rings is 2. The Balaban J connectivity index is 1.07. The summed E-state index contributed by atoms with van der Waals surface area (Å²) in [5.74, 6) is 0.104. The summed E-state index contributed by atoms with van der Waals surface area (Å²) in [4.78, 5) is 29.7. The van der Waals surface area contributed by atoms with E-state index in [2.05, 4.69) is 20.5 Å². The van der Waals surface area contributed by atoms with Crippen LogP contribution in [0.25, 0.3) is 5.69 Å². The lowest BCUT2D eigenvalue weighted by atomic mass is 10.1. The number of hydrogen-bond acceptors (Lipinski definition) is 9. The first-order valence-electron chi connectivity index (χ1n) is 12.4. The van der Waals surface area contributed by atoms with Crippen LogP contribution < -0.4 is 9.47 Å². The van der Waals surface area contributed by atoms with Crippen LogP contribution in [0.15, 0.2) is 78.1 Å². The number of carboxylic acid groups (broad SMARTS) is 1. The monoisotopic (exact) mass is 546 g/mol. The number of aromatic carboxylic acids is 1. The second kappa shape index (κ2) is 12.4. The van der Waals surface area contributed by atoms with Crippen molar-refractivity contribution in [2.24, 2.45) is 0 Å². The van der Waals surface area contributed by atoms with Crippen molar-refractivity contribution in [2.75, 3.05) is 19.7 Å². The molecule has 0 spiro atoms. The SMILES string of the molecule is O=C(O)c1ccc(-n2nnnc2SC2CCN(C(=O)Oc3ccc(CCOc4ccccn4)cc3)CC2)cc1. The van der Waals surface area contributed by atoms with Gasteiger partial charge in [0.2, 0.25) is 11.0 Å². The Kier molecular flexibility index (Phi) is 8.32. The van der Waals surface area contributed by atoms with Crippen molar-refractivity contribution in [1.82, 2.24) is 30.1 Å². The topological polar surface area (TPSA) is 133 Å². The predicted octanol–water partition coefficient (Wildman–Crippen LogP) is 4.13. The highest BCUT2D eigenvalue weighted by molar-refractivity contribution is 7.99. The van der Waals surface area contributed by atoms with Crippen molar-refractivity contribution in [3.05, 3.63) is 84.1 Å². The fraction of sp³-hybridized carbons (Fsp3) is 0.259. The number of piperidine rings is 1. The van der Waals surface area contributed by atoms with Gasteiger partial charge in [-0.1, -0.05) is 30.0 Å². The second-order valence-corrected chi connectivity index (χ2v) is 10.1. The molecule has 39 heavy (non-hydrogen) atoms. The fourth-order valence-corrected chi connectivity index (χ4v) is 5.13. The molecule has 3 heterocycles. The molecule has 1 aliphatic heterocycles. The van der Waals surface area contributed by atoms with E-state index in [-0.39, 0.29) is 16.9 Å². The molecule has 4 aromatic rings. The van der Waals surface area contributed by atoms with Crippen LogP contribution in [-0.4, -0.2) is 72.2 Å². The third kappa shape index (κ3) is 6.90. The summed E-state index contributed by atoms with van der Waals surface area (Å²) in [6, 6.07) is 19.3. The van der Waals surface area contributed by atoms with Gasteiger partial charge in [0.05, 0.1) is 17.9 Å². The number of ether oxygens (including phenoxy) is 2. The van der Waals surface area contributed by atoms with E-state index in [1.165, 1.54) is 12.1 Å². The van der Waals surface area contributed by atoms with Gasteiger partial charge in [-0.3, -0.25) is 0 Å². The van der Waals surface area contributed by atoms with E-state index in [1.807, 2.05) is 30.3 Å². The number of aromatic nitrogens is 5. The molecule has 0 bridgehead atoms. The zero-order valence-electron chi connectivity index (χ0n) is 20.9. The molecule has 200 valence electrons. The van der Waals surface area contributed by atoms with Crippen LogP contribution in [0.3, 0.4) is 0 Å². The quantitative estimate of drug-likeness (QED) is 0.327. The van der Waals surface area contributed by atoms with E-state index in [0.29, 0.717) is 48.6 Å². The highest BCUT2D eigenvalue weighted by Crippen LogP contribution is 2.30. The highest BCUT2D eigenvalue weighted by atomic mass is 32.2. The van der Waals surface area contributed by atoms with Crippen LogP contribution in [-0.2, 0) is 6.42 Å². The Morgan fingerprint density at radius 2 is 1.77 bits per heavy atom. The number of thioether (sulfide) groups is 1. The van der Waals surface area contributed by atoms with Gasteiger partial charge in [0, 0.05) is 37.0 Å². The summed E-state index contributed by atoms with van der Waals surface area (Å²) in [6.07, 6.45) is 3.57. The van der Waals surface area contributed by atoms with Crippen LogP contribution >= 0.6 is 11.8 Å². The lowest BCUT2D eigenvalue weighted by Crippen LogP contribution is -2.41. The van der Waals surface area contributed by atoms with Gasteiger partial charge in [-0.05, 0) is 71.3 Å². The van der Waals surface area contributed by atoms with E-state index in [4.69, 9.17) is 14.6 Å². The van der Waals surface area contributed by atoms with Crippen LogP contribution in [0.4, 0.5) is 4.79 Å². The van der Waals surface area contributed by atoms with Crippen molar-refractivity contribution in [3.8, 4) is 17.3 Å². The van der Waals surface area contributed by atoms with E-state index in [9.17, 15) is 9.59 Å². The molecule has 11 nitrogen and oxygen atoms in total. The fourth-order valence-electron chi connectivity index (χ4n) is 4.06. The minimum Gasteiger partial charge on any atom is -0.478 e. The smallest absolute Gasteiger partial charge is 0.415 e. The number of hydrogen-bond donors (Lipinski definition) is 1. The minimum atomic E-state index is -0.988. The Labute approximate surface area is 228 Å². The average Bonchev–Trinajstić information content (AvgIpc) is 3.43. The first-order chi connectivity index (χ1) is 19.0. The Bertz CT molecular complexity index is 1390. The summed E-state index contributed by atoms with van der Waals surface area (Å²) >= 11 is 1.55. The third-order valence-electron chi connectivity index (χ3n) is 6.18. The lowest BCUT2D eigenvalue weighted by molar-refractivity contribution is 0.0696. The van der Waals surface area contributed by atoms with Crippen LogP contribution in [0, 0.1) is 0 Å². The largest absolute Gasteiger partial charge is 0.478 e. The van der Waals surface area contributed by atoms with Crippen LogP contribution in [0.1, 0.15) is 28.8 Å². The summed E-state index contributed by atoms with van der Waals surface area (Å²) in [5.41, 5.74) is 1.95. The standard InChI is InChI=1S/C27H26N6O5S/c34-25(35)20-6-8-21(9-7-20)33-26(29-30-31-33)39-23-12-16-32(17-13-23)27(36)38-22-10-4-19(5-11-22)14-18-37-24-3-1-2-15-28-24/h1-11,15,23H,12-14,16-18H2,(H,34,35). The number of tetrazole rings is 1. The molecule has 0 atom stereocenters. The Morgan fingerprint density at radius 1 is 1.00 bits per heavy atom. The molecule has 5 rings (SSSR count). The second-order valence-electron chi connectivity index (χ2n) is 8.81. The van der Waals surface area contributed by atoms with Gasteiger partial charge >= 0.3 is 12.1 Å². The van der Waals surface area contributed by atoms with Crippen molar-refractivity contribution in [1.29, 1.82) is 0 Å². The van der Waals surface area contributed by atoms with E-state index in [0.717, 1.165) is 18.4 Å². The van der Waals surface area contributed by atoms with Gasteiger partial charge in [0.25, 0.3) is 0 Å². The third-order valence-corrected chi connectivity index (χ3v) is 7.45. The highest BCUT2D eigenvalue weighted by Gasteiger charge is 2.26. The molecule has 12 heteroatoms. The van der Waals surface area contributed by atoms with E-state index < -0.39 is 5.97 Å². The normalized spacial score (nSPS) is 13.7. The van der Waals surface area contributed by atoms with Gasteiger partial charge in [0.1, 0.15) is 5.75 Å². The summed E-state index contributed by atoms with van der Waals surface area (Å²) in [6.45, 7) is 1.63. The molecule has 0 radical (unpaired) electrons. The molecular weight excluding hydrogens is 520 g/mol. The predicted molar refractivity (Wildman–Crippen MR) is 142 cm³/mol. The molecule has 2 aromatic carbocycles. The molecule has 1 aliphatic rings. The number of rotatable bonds is 9. The summed E-state index contributed by atoms with van der Waals surface area (Å²) in [7, 11) is 0. The van der Waals surface area contributed by atoms with Gasteiger partial charge in [-0.2, -0.15) is 4.68 Å². The number of likely N-dealkylation sites (tertiary alicyclic amines) is 1. The average molecular weight is 547 g/mol. The van der Waals surface area contributed by atoms with Crippen LogP contribution in [0.5, 0.6) is 11.6 Å². The van der Waals surface area contributed by atoms with Crippen molar-refractivity contribution in [2.45, 2.75) is 29.7 Å². The number of carbonyl (C=O) groups is 2. The number of carbonyl (C=O) groups excluding carboxylic acids is 1. The number of amides is 1. The molecule has 1 saturated heterocycles. The minimum absolute atomic E-state index is 0.197. The van der Waals surface area contributed by atoms with Gasteiger partial charge in [-0.15, -0.1) is 5.10 Å². The van der Waals surface area contributed by atoms with Crippen molar-refractivity contribution in [3.63, 3.8) is 0 Å². The maximum Gasteiger partial charge on any atom is 0.415 e. The number of nitrogens with zero attached hydrogens (tertiary/aromatic N) is 6. The molecule has 2 aromatic heterocycles. The number of carboxylic acids is 1. The van der Waals surface area contributed by atoms with E-state index >= 15 is 0 Å². The van der Waals surface area contributed by atoms with Crippen LogP contribution in [0.2, 0.25) is 0 Å². The Hall–Kier alpha value is -4.45. The molecule has 1 amide bonds. The molecule has 0 unspecified atom stereocenters.